The third-order valence-corrected chi connectivity index (χ3v) is 6.23. The van der Waals surface area contributed by atoms with Crippen LogP contribution in [0.3, 0.4) is 0 Å². The molecule has 0 atom stereocenters. The topological polar surface area (TPSA) is 61.4 Å². The summed E-state index contributed by atoms with van der Waals surface area (Å²) in [6.07, 6.45) is 4.94. The Hall–Kier alpha value is -2.82. The number of benzene rings is 2. The predicted octanol–water partition coefficient (Wildman–Crippen LogP) is 4.65. The van der Waals surface area contributed by atoms with Crippen LogP contribution in [0.5, 0.6) is 0 Å². The summed E-state index contributed by atoms with van der Waals surface area (Å²) in [7, 11) is 0. The van der Waals surface area contributed by atoms with Gasteiger partial charge in [-0.25, -0.2) is 0 Å². The van der Waals surface area contributed by atoms with E-state index in [0.29, 0.717) is 12.8 Å². The number of nitrogens with zero attached hydrogens (tertiary/aromatic N) is 1. The number of nitrogens with one attached hydrogen (secondary N) is 2. The maximum Gasteiger partial charge on any atom is 0.240 e. The maximum atomic E-state index is 12.9. The molecule has 2 N–H and O–H groups in total. The SMILES string of the molecule is Cc1ccc(NC(=O)C2(C(=O)Nc3ccc(N4CCCCC4)cc3)CC2)cc1C. The first-order valence-electron chi connectivity index (χ1n) is 10.5. The van der Waals surface area contributed by atoms with E-state index in [1.807, 2.05) is 44.2 Å². The Balaban J connectivity index is 1.39. The van der Waals surface area contributed by atoms with Gasteiger partial charge in [-0.05, 0) is 93.5 Å². The summed E-state index contributed by atoms with van der Waals surface area (Å²) in [5.41, 5.74) is 4.01. The van der Waals surface area contributed by atoms with E-state index < -0.39 is 5.41 Å². The zero-order valence-electron chi connectivity index (χ0n) is 17.3. The fraction of sp³-hybridized carbons (Fsp3) is 0.417. The highest BCUT2D eigenvalue weighted by molar-refractivity contribution is 6.16. The van der Waals surface area contributed by atoms with Gasteiger partial charge in [0, 0.05) is 30.2 Å². The minimum atomic E-state index is -0.954. The lowest BCUT2D eigenvalue weighted by atomic mass is 10.0. The second-order valence-electron chi connectivity index (χ2n) is 8.38. The standard InChI is InChI=1S/C24H29N3O2/c1-17-6-7-20(16-18(17)2)26-23(29)24(12-13-24)22(28)25-19-8-10-21(11-9-19)27-14-4-3-5-15-27/h6-11,16H,3-5,12-15H2,1-2H3,(H,25,28)(H,26,29). The molecule has 1 saturated carbocycles. The largest absolute Gasteiger partial charge is 0.372 e. The quantitative estimate of drug-likeness (QED) is 0.729. The lowest BCUT2D eigenvalue weighted by molar-refractivity contribution is -0.131. The molecule has 2 aromatic rings. The van der Waals surface area contributed by atoms with Gasteiger partial charge in [0.2, 0.25) is 11.8 Å². The molecule has 0 spiro atoms. The first-order valence-corrected chi connectivity index (χ1v) is 10.5. The highest BCUT2D eigenvalue weighted by atomic mass is 16.2. The number of hydrogen-bond donors (Lipinski definition) is 2. The minimum Gasteiger partial charge on any atom is -0.372 e. The third kappa shape index (κ3) is 4.14. The number of piperidine rings is 1. The number of rotatable bonds is 5. The van der Waals surface area contributed by atoms with Gasteiger partial charge in [0.05, 0.1) is 0 Å². The van der Waals surface area contributed by atoms with E-state index in [-0.39, 0.29) is 11.8 Å². The summed E-state index contributed by atoms with van der Waals surface area (Å²) in [6.45, 7) is 6.23. The predicted molar refractivity (Wildman–Crippen MR) is 117 cm³/mol. The van der Waals surface area contributed by atoms with Gasteiger partial charge in [-0.15, -0.1) is 0 Å². The van der Waals surface area contributed by atoms with Gasteiger partial charge in [0.15, 0.2) is 0 Å². The van der Waals surface area contributed by atoms with Gasteiger partial charge < -0.3 is 15.5 Å². The molecule has 5 nitrogen and oxygen atoms in total. The molecule has 29 heavy (non-hydrogen) atoms. The molecular formula is C24H29N3O2. The minimum absolute atomic E-state index is 0.218. The molecule has 2 aromatic carbocycles. The Morgan fingerprint density at radius 2 is 1.38 bits per heavy atom. The molecule has 2 fully saturated rings. The first kappa shape index (κ1) is 19.5. The Kier molecular flexibility index (Phi) is 5.31. The Morgan fingerprint density at radius 3 is 1.97 bits per heavy atom. The van der Waals surface area contributed by atoms with E-state index in [9.17, 15) is 9.59 Å². The Labute approximate surface area is 172 Å². The van der Waals surface area contributed by atoms with Crippen molar-refractivity contribution in [2.24, 2.45) is 5.41 Å². The van der Waals surface area contributed by atoms with E-state index in [0.717, 1.165) is 30.0 Å². The van der Waals surface area contributed by atoms with E-state index in [1.165, 1.54) is 30.5 Å². The molecule has 2 aliphatic rings. The van der Waals surface area contributed by atoms with Crippen molar-refractivity contribution in [2.45, 2.75) is 46.0 Å². The van der Waals surface area contributed by atoms with Crippen LogP contribution in [0, 0.1) is 19.3 Å². The number of hydrogen-bond acceptors (Lipinski definition) is 3. The molecule has 0 bridgehead atoms. The molecular weight excluding hydrogens is 362 g/mol. The van der Waals surface area contributed by atoms with Gasteiger partial charge in [0.1, 0.15) is 5.41 Å². The number of carbonyl (C=O) groups excluding carboxylic acids is 2. The van der Waals surface area contributed by atoms with Crippen LogP contribution < -0.4 is 15.5 Å². The smallest absolute Gasteiger partial charge is 0.240 e. The van der Waals surface area contributed by atoms with Crippen molar-refractivity contribution in [3.63, 3.8) is 0 Å². The van der Waals surface area contributed by atoms with Crippen molar-refractivity contribution < 1.29 is 9.59 Å². The van der Waals surface area contributed by atoms with Gasteiger partial charge in [0.25, 0.3) is 0 Å². The van der Waals surface area contributed by atoms with Gasteiger partial charge in [-0.2, -0.15) is 0 Å². The monoisotopic (exact) mass is 391 g/mol. The zero-order valence-corrected chi connectivity index (χ0v) is 17.3. The van der Waals surface area contributed by atoms with Crippen molar-refractivity contribution in [3.05, 3.63) is 53.6 Å². The first-order chi connectivity index (χ1) is 14.0. The molecule has 1 saturated heterocycles. The van der Waals surface area contributed by atoms with Crippen molar-refractivity contribution >= 4 is 28.9 Å². The van der Waals surface area contributed by atoms with E-state index >= 15 is 0 Å². The average molecular weight is 392 g/mol. The van der Waals surface area contributed by atoms with Crippen LogP contribution in [0.1, 0.15) is 43.2 Å². The summed E-state index contributed by atoms with van der Waals surface area (Å²) in [6, 6.07) is 13.8. The lowest BCUT2D eigenvalue weighted by Gasteiger charge is -2.28. The average Bonchev–Trinajstić information content (AvgIpc) is 3.54. The van der Waals surface area contributed by atoms with E-state index in [1.54, 1.807) is 0 Å². The van der Waals surface area contributed by atoms with Crippen LogP contribution in [0.15, 0.2) is 42.5 Å². The van der Waals surface area contributed by atoms with Gasteiger partial charge in [-0.1, -0.05) is 6.07 Å². The van der Waals surface area contributed by atoms with Gasteiger partial charge >= 0.3 is 0 Å². The second-order valence-corrected chi connectivity index (χ2v) is 8.38. The Morgan fingerprint density at radius 1 is 0.793 bits per heavy atom. The number of aryl methyl sites for hydroxylation is 2. The van der Waals surface area contributed by atoms with Crippen LogP contribution in [-0.4, -0.2) is 24.9 Å². The molecule has 1 heterocycles. The molecule has 152 valence electrons. The number of anilines is 3. The summed E-state index contributed by atoms with van der Waals surface area (Å²) < 4.78 is 0. The lowest BCUT2D eigenvalue weighted by Crippen LogP contribution is -2.35. The second kappa shape index (κ2) is 7.90. The van der Waals surface area contributed by atoms with E-state index in [2.05, 4.69) is 27.7 Å². The maximum absolute atomic E-state index is 12.9. The fourth-order valence-corrected chi connectivity index (χ4v) is 3.91. The van der Waals surface area contributed by atoms with Crippen LogP contribution in [0.2, 0.25) is 0 Å². The van der Waals surface area contributed by atoms with Crippen LogP contribution in [0.25, 0.3) is 0 Å². The third-order valence-electron chi connectivity index (χ3n) is 6.23. The van der Waals surface area contributed by atoms with E-state index in [4.69, 9.17) is 0 Å². The van der Waals surface area contributed by atoms with Crippen molar-refractivity contribution in [2.75, 3.05) is 28.6 Å². The summed E-state index contributed by atoms with van der Waals surface area (Å²) in [5.74, 6) is -0.437. The number of carbonyl (C=O) groups is 2. The van der Waals surface area contributed by atoms with Crippen LogP contribution >= 0.6 is 0 Å². The molecule has 2 amide bonds. The summed E-state index contributed by atoms with van der Waals surface area (Å²) >= 11 is 0. The molecule has 1 aliphatic heterocycles. The van der Waals surface area contributed by atoms with Crippen molar-refractivity contribution in [3.8, 4) is 0 Å². The molecule has 5 heteroatoms. The fourth-order valence-electron chi connectivity index (χ4n) is 3.91. The summed E-state index contributed by atoms with van der Waals surface area (Å²) in [4.78, 5) is 28.0. The summed E-state index contributed by atoms with van der Waals surface area (Å²) in [5, 5.41) is 5.87. The van der Waals surface area contributed by atoms with Gasteiger partial charge in [-0.3, -0.25) is 9.59 Å². The molecule has 4 rings (SSSR count). The molecule has 0 unspecified atom stereocenters. The molecule has 1 aliphatic carbocycles. The Bertz CT molecular complexity index is 910. The highest BCUT2D eigenvalue weighted by Gasteiger charge is 2.56. The number of amides is 2. The van der Waals surface area contributed by atoms with Crippen molar-refractivity contribution in [1.82, 2.24) is 0 Å². The highest BCUT2D eigenvalue weighted by Crippen LogP contribution is 2.47. The zero-order chi connectivity index (χ0) is 20.4. The van der Waals surface area contributed by atoms with Crippen LogP contribution in [0.4, 0.5) is 17.1 Å². The molecule has 0 radical (unpaired) electrons. The van der Waals surface area contributed by atoms with Crippen LogP contribution in [-0.2, 0) is 9.59 Å². The normalized spacial score (nSPS) is 17.5. The van der Waals surface area contributed by atoms with Crippen molar-refractivity contribution in [1.29, 1.82) is 0 Å². The molecule has 0 aromatic heterocycles.